The van der Waals surface area contributed by atoms with E-state index in [1.54, 1.807) is 28.6 Å². The molecule has 0 saturated carbocycles. The third-order valence-corrected chi connectivity index (χ3v) is 6.28. The molecule has 1 saturated heterocycles. The van der Waals surface area contributed by atoms with Gasteiger partial charge in [-0.1, -0.05) is 32.4 Å². The van der Waals surface area contributed by atoms with Crippen molar-refractivity contribution in [3.05, 3.63) is 29.8 Å². The fraction of sp³-hybridized carbons (Fsp3) is 0.588. The first-order valence-corrected chi connectivity index (χ1v) is 9.89. The monoisotopic (exact) mass is 353 g/mol. The molecule has 1 aliphatic heterocycles. The quantitative estimate of drug-likeness (QED) is 0.810. The average molecular weight is 353 g/mol. The van der Waals surface area contributed by atoms with Gasteiger partial charge in [-0.05, 0) is 36.5 Å². The number of nitrogens with two attached hydrogens (primary N) is 1. The third kappa shape index (κ3) is 4.55. The first-order valence-electron chi connectivity index (χ1n) is 8.45. The largest absolute Gasteiger partial charge is 0.351 e. The van der Waals surface area contributed by atoms with Crippen molar-refractivity contribution in [1.29, 1.82) is 0 Å². The van der Waals surface area contributed by atoms with E-state index in [-0.39, 0.29) is 11.8 Å². The lowest BCUT2D eigenvalue weighted by Crippen LogP contribution is -2.43. The Morgan fingerprint density at radius 3 is 2.29 bits per heavy atom. The van der Waals surface area contributed by atoms with Crippen LogP contribution in [-0.4, -0.2) is 37.8 Å². The van der Waals surface area contributed by atoms with E-state index in [4.69, 9.17) is 5.73 Å². The van der Waals surface area contributed by atoms with E-state index in [2.05, 4.69) is 5.32 Å². The number of nitrogens with zero attached hydrogens (tertiary/aromatic N) is 1. The van der Waals surface area contributed by atoms with Crippen LogP contribution in [-0.2, 0) is 21.4 Å². The Labute approximate surface area is 144 Å². The van der Waals surface area contributed by atoms with Gasteiger partial charge in [-0.15, -0.1) is 0 Å². The van der Waals surface area contributed by atoms with Crippen LogP contribution in [0.15, 0.2) is 29.2 Å². The van der Waals surface area contributed by atoms with Gasteiger partial charge in [0.15, 0.2) is 0 Å². The number of hydrogen-bond donors (Lipinski definition) is 2. The molecule has 3 N–H and O–H groups in total. The van der Waals surface area contributed by atoms with Gasteiger partial charge in [0.1, 0.15) is 0 Å². The van der Waals surface area contributed by atoms with Crippen LogP contribution in [0, 0.1) is 5.92 Å². The zero-order chi connectivity index (χ0) is 17.7. The summed E-state index contributed by atoms with van der Waals surface area (Å²) in [5, 5.41) is 2.78. The van der Waals surface area contributed by atoms with E-state index >= 15 is 0 Å². The second-order valence-electron chi connectivity index (χ2n) is 6.60. The van der Waals surface area contributed by atoms with Crippen LogP contribution in [0.4, 0.5) is 0 Å². The van der Waals surface area contributed by atoms with Crippen molar-refractivity contribution in [2.75, 3.05) is 13.1 Å². The predicted octanol–water partition coefficient (Wildman–Crippen LogP) is 1.46. The summed E-state index contributed by atoms with van der Waals surface area (Å²) in [5.74, 6) is -0.128. The van der Waals surface area contributed by atoms with Gasteiger partial charge in [0.05, 0.1) is 10.9 Å². The molecular formula is C17H27N3O3S. The Morgan fingerprint density at radius 2 is 1.75 bits per heavy atom. The molecule has 1 aromatic carbocycles. The number of hydrogen-bond acceptors (Lipinski definition) is 4. The molecule has 1 aromatic rings. The van der Waals surface area contributed by atoms with Crippen LogP contribution in [0.3, 0.4) is 0 Å². The number of carbonyl (C=O) groups excluding carboxylic acids is 1. The zero-order valence-electron chi connectivity index (χ0n) is 14.4. The van der Waals surface area contributed by atoms with Gasteiger partial charge < -0.3 is 11.1 Å². The predicted molar refractivity (Wildman–Crippen MR) is 93.7 cm³/mol. The first kappa shape index (κ1) is 18.9. The fourth-order valence-corrected chi connectivity index (χ4v) is 4.16. The number of benzene rings is 1. The van der Waals surface area contributed by atoms with E-state index in [1.807, 2.05) is 13.8 Å². The summed E-state index contributed by atoms with van der Waals surface area (Å²) in [6.45, 7) is 5.30. The summed E-state index contributed by atoms with van der Waals surface area (Å²) in [6, 6.07) is 6.14. The molecule has 24 heavy (non-hydrogen) atoms. The molecule has 134 valence electrons. The lowest BCUT2D eigenvalue weighted by molar-refractivity contribution is -0.123. The zero-order valence-corrected chi connectivity index (χ0v) is 15.2. The highest BCUT2D eigenvalue weighted by Gasteiger charge is 2.25. The molecule has 1 amide bonds. The number of amides is 1. The normalized spacial score (nSPS) is 17.7. The Kier molecular flexibility index (Phi) is 6.37. The first-order chi connectivity index (χ1) is 11.3. The molecule has 6 nitrogen and oxygen atoms in total. The van der Waals surface area contributed by atoms with Crippen molar-refractivity contribution < 1.29 is 13.2 Å². The number of rotatable bonds is 6. The van der Waals surface area contributed by atoms with Crippen LogP contribution >= 0.6 is 0 Å². The summed E-state index contributed by atoms with van der Waals surface area (Å²) < 4.78 is 26.7. The number of piperidine rings is 1. The Morgan fingerprint density at radius 1 is 1.17 bits per heavy atom. The number of sulfonamides is 1. The summed E-state index contributed by atoms with van der Waals surface area (Å²) in [6.07, 6.45) is 2.92. The van der Waals surface area contributed by atoms with Crippen molar-refractivity contribution in [2.45, 2.75) is 50.6 Å². The van der Waals surface area contributed by atoms with Gasteiger partial charge in [0, 0.05) is 19.6 Å². The van der Waals surface area contributed by atoms with Gasteiger partial charge in [0.25, 0.3) is 0 Å². The highest BCUT2D eigenvalue weighted by Crippen LogP contribution is 2.20. The molecular weight excluding hydrogens is 326 g/mol. The van der Waals surface area contributed by atoms with Crippen LogP contribution < -0.4 is 11.1 Å². The van der Waals surface area contributed by atoms with Crippen molar-refractivity contribution >= 4 is 15.9 Å². The summed E-state index contributed by atoms with van der Waals surface area (Å²) >= 11 is 0. The van der Waals surface area contributed by atoms with Gasteiger partial charge >= 0.3 is 0 Å². The molecule has 1 heterocycles. The highest BCUT2D eigenvalue weighted by molar-refractivity contribution is 7.89. The van der Waals surface area contributed by atoms with E-state index in [1.165, 1.54) is 0 Å². The topological polar surface area (TPSA) is 92.5 Å². The van der Waals surface area contributed by atoms with Gasteiger partial charge in [-0.3, -0.25) is 4.79 Å². The second-order valence-corrected chi connectivity index (χ2v) is 8.53. The molecule has 0 aliphatic carbocycles. The molecule has 1 atom stereocenters. The minimum Gasteiger partial charge on any atom is -0.351 e. The van der Waals surface area contributed by atoms with Gasteiger partial charge in [-0.25, -0.2) is 8.42 Å². The van der Waals surface area contributed by atoms with E-state index in [0.29, 0.717) is 24.5 Å². The lowest BCUT2D eigenvalue weighted by Gasteiger charge is -2.25. The highest BCUT2D eigenvalue weighted by atomic mass is 32.2. The van der Waals surface area contributed by atoms with Crippen LogP contribution in [0.1, 0.15) is 38.7 Å². The third-order valence-electron chi connectivity index (χ3n) is 4.36. The lowest BCUT2D eigenvalue weighted by atomic mass is 10.0. The standard InChI is InChI=1S/C17H27N3O3S/c1-13(2)16(18)17(21)19-12-14-6-8-15(9-7-14)24(22,23)20-10-4-3-5-11-20/h6-9,13,16H,3-5,10-12,18H2,1-2H3,(H,19,21)/t16-/m0/s1. The van der Waals surface area contributed by atoms with E-state index in [0.717, 1.165) is 24.8 Å². The molecule has 0 spiro atoms. The fourth-order valence-electron chi connectivity index (χ4n) is 2.64. The molecule has 1 fully saturated rings. The maximum Gasteiger partial charge on any atom is 0.243 e. The van der Waals surface area contributed by atoms with Crippen molar-refractivity contribution in [1.82, 2.24) is 9.62 Å². The molecule has 2 rings (SSSR count). The van der Waals surface area contributed by atoms with Crippen LogP contribution in [0.5, 0.6) is 0 Å². The minimum absolute atomic E-state index is 0.0714. The summed E-state index contributed by atoms with van der Waals surface area (Å²) in [7, 11) is -3.41. The Balaban J connectivity index is 1.99. The SMILES string of the molecule is CC(C)[C@H](N)C(=O)NCc1ccc(S(=O)(=O)N2CCCCC2)cc1. The van der Waals surface area contributed by atoms with Crippen molar-refractivity contribution in [3.63, 3.8) is 0 Å². The smallest absolute Gasteiger partial charge is 0.243 e. The maximum atomic E-state index is 12.6. The molecule has 0 unspecified atom stereocenters. The van der Waals surface area contributed by atoms with Gasteiger partial charge in [0.2, 0.25) is 15.9 Å². The van der Waals surface area contributed by atoms with E-state index in [9.17, 15) is 13.2 Å². The Hall–Kier alpha value is -1.44. The summed E-state index contributed by atoms with van der Waals surface area (Å²) in [4.78, 5) is 12.2. The van der Waals surface area contributed by atoms with Crippen molar-refractivity contribution in [2.24, 2.45) is 11.7 Å². The molecule has 0 radical (unpaired) electrons. The molecule has 1 aliphatic rings. The molecule has 0 aromatic heterocycles. The Bertz CT molecular complexity index is 650. The summed E-state index contributed by atoms with van der Waals surface area (Å²) in [5.41, 5.74) is 6.64. The van der Waals surface area contributed by atoms with E-state index < -0.39 is 16.1 Å². The maximum absolute atomic E-state index is 12.6. The minimum atomic E-state index is -3.41. The van der Waals surface area contributed by atoms with Crippen LogP contribution in [0.2, 0.25) is 0 Å². The molecule has 0 bridgehead atoms. The number of nitrogens with one attached hydrogen (secondary N) is 1. The van der Waals surface area contributed by atoms with Crippen molar-refractivity contribution in [3.8, 4) is 0 Å². The second kappa shape index (κ2) is 8.09. The molecule has 7 heteroatoms. The van der Waals surface area contributed by atoms with Crippen LogP contribution in [0.25, 0.3) is 0 Å². The number of carbonyl (C=O) groups is 1. The van der Waals surface area contributed by atoms with Gasteiger partial charge in [-0.2, -0.15) is 4.31 Å². The average Bonchev–Trinajstić information content (AvgIpc) is 2.60.